The number of hydrazone groups is 2. The summed E-state index contributed by atoms with van der Waals surface area (Å²) in [6, 6.07) is 0. The van der Waals surface area contributed by atoms with Gasteiger partial charge >= 0.3 is 0 Å². The van der Waals surface area contributed by atoms with Crippen molar-refractivity contribution in [3.8, 4) is 0 Å². The molecule has 0 aliphatic heterocycles. The van der Waals surface area contributed by atoms with Crippen molar-refractivity contribution in [1.82, 2.24) is 0 Å². The summed E-state index contributed by atoms with van der Waals surface area (Å²) in [6.45, 7) is 0. The Morgan fingerprint density at radius 1 is 1.00 bits per heavy atom. The molecule has 0 aromatic rings. The van der Waals surface area contributed by atoms with Crippen molar-refractivity contribution in [2.45, 2.75) is 0 Å². The maximum absolute atomic E-state index is 9.42. The monoisotopic (exact) mass is 146 g/mol. The molecule has 0 aliphatic carbocycles. The van der Waals surface area contributed by atoms with Crippen LogP contribution < -0.4 is 0 Å². The Bertz CT molecular complexity index is 173. The smallest absolute Gasteiger partial charge is 0.190 e. The first-order valence-electron chi connectivity index (χ1n) is 1.98. The van der Waals surface area contributed by atoms with Crippen LogP contribution in [0.25, 0.3) is 0 Å². The second kappa shape index (κ2) is 4.06. The van der Waals surface area contributed by atoms with Crippen molar-refractivity contribution >= 4 is 12.4 Å². The fourth-order valence-electron chi connectivity index (χ4n) is 0.168. The number of hydrogen-bond acceptors (Lipinski definition) is 4. The largest absolute Gasteiger partial charge is 0.233 e. The predicted octanol–water partition coefficient (Wildman–Crippen LogP) is -0.489. The maximum Gasteiger partial charge on any atom is 0.190 e. The van der Waals surface area contributed by atoms with Gasteiger partial charge in [-0.25, -0.2) is 20.2 Å². The third kappa shape index (κ3) is 6.14. The normalized spacial score (nSPS) is 10.8. The lowest BCUT2D eigenvalue weighted by Gasteiger charge is -1.70. The van der Waals surface area contributed by atoms with Gasteiger partial charge in [0.1, 0.15) is 12.4 Å². The number of hydrogen-bond donors (Lipinski definition) is 0. The molecule has 0 unspecified atom stereocenters. The van der Waals surface area contributed by atoms with Crippen LogP contribution in [-0.4, -0.2) is 22.5 Å². The van der Waals surface area contributed by atoms with Crippen molar-refractivity contribution < 1.29 is 10.1 Å². The second-order valence-corrected chi connectivity index (χ2v) is 1.00. The van der Waals surface area contributed by atoms with Crippen LogP contribution in [0.1, 0.15) is 0 Å². The highest BCUT2D eigenvalue weighted by Gasteiger charge is 1.84. The first-order chi connectivity index (χ1) is 4.63. The molecule has 0 aromatic heterocycles. The lowest BCUT2D eigenvalue weighted by atomic mass is 10.8. The van der Waals surface area contributed by atoms with Gasteiger partial charge in [0, 0.05) is 0 Å². The van der Waals surface area contributed by atoms with Crippen molar-refractivity contribution in [3.63, 3.8) is 0 Å². The molecule has 0 saturated heterocycles. The molecule has 8 heteroatoms. The Balaban J connectivity index is 3.73. The van der Waals surface area contributed by atoms with Gasteiger partial charge in [-0.3, -0.25) is 0 Å². The van der Waals surface area contributed by atoms with E-state index in [2.05, 4.69) is 10.2 Å². The van der Waals surface area contributed by atoms with Crippen LogP contribution in [0.15, 0.2) is 10.2 Å². The minimum atomic E-state index is -0.994. The lowest BCUT2D eigenvalue weighted by molar-refractivity contribution is -0.485. The zero-order valence-corrected chi connectivity index (χ0v) is 4.58. The van der Waals surface area contributed by atoms with Gasteiger partial charge in [0.2, 0.25) is 0 Å². The van der Waals surface area contributed by atoms with Gasteiger partial charge in [-0.2, -0.15) is 0 Å². The Morgan fingerprint density at radius 3 is 1.50 bits per heavy atom. The molecule has 0 saturated carbocycles. The van der Waals surface area contributed by atoms with Gasteiger partial charge in [0.25, 0.3) is 0 Å². The third-order valence-electron chi connectivity index (χ3n) is 0.389. The van der Waals surface area contributed by atoms with Gasteiger partial charge in [0.15, 0.2) is 10.1 Å². The molecule has 0 radical (unpaired) electrons. The second-order valence-electron chi connectivity index (χ2n) is 1.00. The fraction of sp³-hybridized carbons (Fsp3) is 0. The Hall–Kier alpha value is -1.86. The van der Waals surface area contributed by atoms with E-state index >= 15 is 0 Å². The molecule has 0 atom stereocenters. The lowest BCUT2D eigenvalue weighted by Crippen LogP contribution is -1.90. The van der Waals surface area contributed by atoms with Crippen LogP contribution in [0.2, 0.25) is 0 Å². The predicted molar refractivity (Wildman–Crippen MR) is 31.0 cm³/mol. The van der Waals surface area contributed by atoms with Crippen LogP contribution >= 0.6 is 0 Å². The van der Waals surface area contributed by atoms with Crippen molar-refractivity contribution in [1.29, 1.82) is 0 Å². The van der Waals surface area contributed by atoms with E-state index in [0.717, 1.165) is 0 Å². The van der Waals surface area contributed by atoms with Gasteiger partial charge in [-0.15, -0.1) is 0 Å². The Kier molecular flexibility index (Phi) is 3.31. The van der Waals surface area contributed by atoms with Crippen LogP contribution in [-0.2, 0) is 0 Å². The number of rotatable bonds is 3. The first kappa shape index (κ1) is 8.14. The van der Waals surface area contributed by atoms with E-state index in [1.165, 1.54) is 0 Å². The topological polar surface area (TPSA) is 111 Å². The summed E-state index contributed by atoms with van der Waals surface area (Å²) in [4.78, 5) is 18.8. The van der Waals surface area contributed by atoms with Crippen LogP contribution in [0.5, 0.6) is 0 Å². The van der Waals surface area contributed by atoms with E-state index < -0.39 is 10.1 Å². The molecule has 0 heterocycles. The number of nitro groups is 2. The zero-order valence-electron chi connectivity index (χ0n) is 4.58. The van der Waals surface area contributed by atoms with Crippen LogP contribution in [0.3, 0.4) is 0 Å². The van der Waals surface area contributed by atoms with E-state index in [9.17, 15) is 20.2 Å². The molecule has 0 aromatic carbocycles. The van der Waals surface area contributed by atoms with Crippen molar-refractivity contribution in [2.75, 3.05) is 0 Å². The fourth-order valence-corrected chi connectivity index (χ4v) is 0.168. The van der Waals surface area contributed by atoms with Gasteiger partial charge < -0.3 is 0 Å². The molecular weight excluding hydrogens is 144 g/mol. The summed E-state index contributed by atoms with van der Waals surface area (Å²) in [5.41, 5.74) is 0. The van der Waals surface area contributed by atoms with Crippen molar-refractivity contribution in [2.24, 2.45) is 10.2 Å². The van der Waals surface area contributed by atoms with Gasteiger partial charge in [0.05, 0.1) is 10.2 Å². The summed E-state index contributed by atoms with van der Waals surface area (Å²) in [5, 5.41) is 21.9. The molecule has 54 valence electrons. The first-order valence-corrected chi connectivity index (χ1v) is 1.98. The van der Waals surface area contributed by atoms with Gasteiger partial charge in [-0.1, -0.05) is 0 Å². The highest BCUT2D eigenvalue weighted by atomic mass is 16.7. The summed E-state index contributed by atoms with van der Waals surface area (Å²) in [6.07, 6.45) is 1.23. The average Bonchev–Trinajstić information content (AvgIpc) is 1.79. The molecule has 8 nitrogen and oxygen atoms in total. The van der Waals surface area contributed by atoms with E-state index in [1.807, 2.05) is 0 Å². The summed E-state index contributed by atoms with van der Waals surface area (Å²) >= 11 is 0. The van der Waals surface area contributed by atoms with E-state index in [1.54, 1.807) is 0 Å². The highest BCUT2D eigenvalue weighted by molar-refractivity contribution is 6.15. The summed E-state index contributed by atoms with van der Waals surface area (Å²) in [5.74, 6) is 0. The summed E-state index contributed by atoms with van der Waals surface area (Å²) < 4.78 is 0. The highest BCUT2D eigenvalue weighted by Crippen LogP contribution is 1.66. The minimum Gasteiger partial charge on any atom is -0.233 e. The van der Waals surface area contributed by atoms with E-state index in [4.69, 9.17) is 0 Å². The summed E-state index contributed by atoms with van der Waals surface area (Å²) in [7, 11) is 0. The third-order valence-corrected chi connectivity index (χ3v) is 0.389. The van der Waals surface area contributed by atoms with Gasteiger partial charge in [-0.05, 0) is 0 Å². The molecule has 0 rings (SSSR count). The average molecular weight is 146 g/mol. The molecular formula is C2H2N4O4. The number of nitrogens with zero attached hydrogens (tertiary/aromatic N) is 4. The minimum absolute atomic E-state index is 0.614. The molecule has 0 N–H and O–H groups in total. The molecule has 0 aliphatic rings. The zero-order chi connectivity index (χ0) is 7.98. The molecule has 0 bridgehead atoms. The van der Waals surface area contributed by atoms with Crippen LogP contribution in [0, 0.1) is 20.2 Å². The molecule has 10 heavy (non-hydrogen) atoms. The standard InChI is InChI=1S/C2H2N4O4/c7-5(8)3-1-2-4-6(9)10/h1-2H/b3-1-,4-2+. The van der Waals surface area contributed by atoms with E-state index in [0.29, 0.717) is 12.4 Å². The Morgan fingerprint density at radius 2 is 1.30 bits per heavy atom. The maximum atomic E-state index is 9.42. The van der Waals surface area contributed by atoms with Crippen molar-refractivity contribution in [3.05, 3.63) is 20.2 Å². The van der Waals surface area contributed by atoms with E-state index in [-0.39, 0.29) is 0 Å². The SMILES string of the molecule is O=[N+]([O-])/N=C\C=N\[N+](=O)[O-]. The molecule has 0 spiro atoms. The Labute approximate surface area is 54.1 Å². The molecule has 0 amide bonds. The molecule has 0 fully saturated rings. The van der Waals surface area contributed by atoms with Crippen LogP contribution in [0.4, 0.5) is 0 Å². The quantitative estimate of drug-likeness (QED) is 0.303.